The molecule has 0 bridgehead atoms. The maximum absolute atomic E-state index is 5.55. The van der Waals surface area contributed by atoms with Gasteiger partial charge in [-0.15, -0.1) is 0 Å². The number of furan rings is 1. The molecule has 2 aromatic heterocycles. The van der Waals surface area contributed by atoms with E-state index in [-0.39, 0.29) is 6.04 Å². The van der Waals surface area contributed by atoms with Gasteiger partial charge in [0.25, 0.3) is 0 Å². The molecular formula is C16H18N2O2. The van der Waals surface area contributed by atoms with Gasteiger partial charge >= 0.3 is 0 Å². The highest BCUT2D eigenvalue weighted by atomic mass is 16.5. The highest BCUT2D eigenvalue weighted by Crippen LogP contribution is 2.24. The first-order valence-electron chi connectivity index (χ1n) is 6.78. The summed E-state index contributed by atoms with van der Waals surface area (Å²) in [6, 6.07) is 8.26. The fourth-order valence-corrected chi connectivity index (χ4v) is 2.64. The number of fused-ring (bicyclic) bond motifs is 1. The molecule has 3 rings (SSSR count). The van der Waals surface area contributed by atoms with E-state index in [1.54, 1.807) is 0 Å². The van der Waals surface area contributed by atoms with Gasteiger partial charge in [0, 0.05) is 29.1 Å². The molecule has 4 nitrogen and oxygen atoms in total. The molecule has 1 atom stereocenters. The highest BCUT2D eigenvalue weighted by Gasteiger charge is 2.16. The molecule has 2 heterocycles. The summed E-state index contributed by atoms with van der Waals surface area (Å²) in [7, 11) is 0. The maximum atomic E-state index is 5.55. The van der Waals surface area contributed by atoms with Crippen LogP contribution in [0.5, 0.6) is 0 Å². The minimum atomic E-state index is 0.190. The van der Waals surface area contributed by atoms with E-state index in [1.807, 2.05) is 38.3 Å². The van der Waals surface area contributed by atoms with E-state index in [2.05, 4.69) is 23.5 Å². The third kappa shape index (κ3) is 2.23. The van der Waals surface area contributed by atoms with Crippen LogP contribution in [0, 0.1) is 13.8 Å². The smallest absolute Gasteiger partial charge is 0.138 e. The number of aryl methyl sites for hydroxylation is 2. The van der Waals surface area contributed by atoms with Gasteiger partial charge in [-0.1, -0.05) is 23.4 Å². The van der Waals surface area contributed by atoms with Crippen LogP contribution in [0.4, 0.5) is 0 Å². The number of hydrogen-bond acceptors (Lipinski definition) is 4. The zero-order valence-corrected chi connectivity index (χ0v) is 11.9. The van der Waals surface area contributed by atoms with Crippen LogP contribution < -0.4 is 5.32 Å². The minimum Gasteiger partial charge on any atom is -0.464 e. The molecule has 1 N–H and O–H groups in total. The normalized spacial score (nSPS) is 12.9. The van der Waals surface area contributed by atoms with Crippen LogP contribution in [-0.4, -0.2) is 5.16 Å². The average Bonchev–Trinajstić information content (AvgIpc) is 3.00. The van der Waals surface area contributed by atoms with Crippen molar-refractivity contribution in [3.63, 3.8) is 0 Å². The van der Waals surface area contributed by atoms with Crippen molar-refractivity contribution in [3.8, 4) is 0 Å². The van der Waals surface area contributed by atoms with Gasteiger partial charge in [0.2, 0.25) is 0 Å². The lowest BCUT2D eigenvalue weighted by atomic mass is 10.1. The molecule has 1 unspecified atom stereocenters. The summed E-state index contributed by atoms with van der Waals surface area (Å²) < 4.78 is 10.8. The summed E-state index contributed by atoms with van der Waals surface area (Å²) in [5.74, 6) is 0.875. The quantitative estimate of drug-likeness (QED) is 0.781. The van der Waals surface area contributed by atoms with Crippen LogP contribution in [0.2, 0.25) is 0 Å². The lowest BCUT2D eigenvalue weighted by Gasteiger charge is -2.13. The number of nitrogens with one attached hydrogen (secondary N) is 1. The fourth-order valence-electron chi connectivity index (χ4n) is 2.64. The molecule has 0 aliphatic rings. The molecule has 20 heavy (non-hydrogen) atoms. The topological polar surface area (TPSA) is 51.2 Å². The first-order chi connectivity index (χ1) is 9.66. The molecule has 0 amide bonds. The Bertz CT molecular complexity index is 707. The van der Waals surface area contributed by atoms with Crippen molar-refractivity contribution in [2.24, 2.45) is 0 Å². The maximum Gasteiger partial charge on any atom is 0.138 e. The highest BCUT2D eigenvalue weighted by molar-refractivity contribution is 5.80. The summed E-state index contributed by atoms with van der Waals surface area (Å²) >= 11 is 0. The molecule has 3 aromatic rings. The van der Waals surface area contributed by atoms with Gasteiger partial charge in [-0.05, 0) is 26.8 Å². The van der Waals surface area contributed by atoms with Gasteiger partial charge in [-0.2, -0.15) is 0 Å². The third-order valence-corrected chi connectivity index (χ3v) is 3.68. The van der Waals surface area contributed by atoms with E-state index in [0.29, 0.717) is 0 Å². The lowest BCUT2D eigenvalue weighted by Crippen LogP contribution is -2.18. The molecule has 0 saturated heterocycles. The number of rotatable bonds is 4. The molecule has 4 heteroatoms. The van der Waals surface area contributed by atoms with Crippen molar-refractivity contribution in [2.45, 2.75) is 33.4 Å². The molecule has 0 aliphatic carbocycles. The number of aromatic nitrogens is 1. The summed E-state index contributed by atoms with van der Waals surface area (Å²) in [6.07, 6.45) is 1.82. The summed E-state index contributed by atoms with van der Waals surface area (Å²) in [4.78, 5) is 0. The molecule has 0 spiro atoms. The van der Waals surface area contributed by atoms with Crippen molar-refractivity contribution in [2.75, 3.05) is 0 Å². The van der Waals surface area contributed by atoms with Crippen molar-refractivity contribution in [1.29, 1.82) is 0 Å². The fraction of sp³-hybridized carbons (Fsp3) is 0.312. The molecule has 0 radical (unpaired) electrons. The Balaban J connectivity index is 1.76. The summed E-state index contributed by atoms with van der Waals surface area (Å²) in [6.45, 7) is 6.79. The van der Waals surface area contributed by atoms with Gasteiger partial charge in [0.15, 0.2) is 0 Å². The Morgan fingerprint density at radius 3 is 2.80 bits per heavy atom. The second kappa shape index (κ2) is 5.13. The third-order valence-electron chi connectivity index (χ3n) is 3.68. The molecule has 1 aromatic carbocycles. The Morgan fingerprint density at radius 1 is 1.25 bits per heavy atom. The van der Waals surface area contributed by atoms with Crippen molar-refractivity contribution >= 4 is 11.0 Å². The Labute approximate surface area is 117 Å². The van der Waals surface area contributed by atoms with Gasteiger partial charge in [0.05, 0.1) is 12.0 Å². The van der Waals surface area contributed by atoms with Crippen molar-refractivity contribution in [3.05, 3.63) is 53.1 Å². The molecule has 0 fully saturated rings. The number of para-hydroxylation sites is 1. The van der Waals surface area contributed by atoms with Crippen LogP contribution in [-0.2, 0) is 6.54 Å². The number of benzene rings is 1. The molecule has 0 aliphatic heterocycles. The monoisotopic (exact) mass is 270 g/mol. The van der Waals surface area contributed by atoms with E-state index in [0.717, 1.165) is 34.5 Å². The van der Waals surface area contributed by atoms with E-state index < -0.39 is 0 Å². The molecule has 104 valence electrons. The summed E-state index contributed by atoms with van der Waals surface area (Å²) in [5.41, 5.74) is 4.17. The lowest BCUT2D eigenvalue weighted by molar-refractivity contribution is 0.390. The van der Waals surface area contributed by atoms with Gasteiger partial charge in [-0.3, -0.25) is 0 Å². The SMILES string of the molecule is Cc1noc(C)c1C(C)NCc1coc2ccccc12. The minimum absolute atomic E-state index is 0.190. The second-order valence-electron chi connectivity index (χ2n) is 5.10. The Hall–Kier alpha value is -2.07. The Morgan fingerprint density at radius 2 is 2.05 bits per heavy atom. The van der Waals surface area contributed by atoms with Crippen LogP contribution >= 0.6 is 0 Å². The van der Waals surface area contributed by atoms with Crippen molar-refractivity contribution < 1.29 is 8.94 Å². The summed E-state index contributed by atoms with van der Waals surface area (Å²) in [5, 5.41) is 8.66. The van der Waals surface area contributed by atoms with E-state index >= 15 is 0 Å². The number of nitrogens with zero attached hydrogens (tertiary/aromatic N) is 1. The van der Waals surface area contributed by atoms with Crippen LogP contribution in [0.1, 0.15) is 35.5 Å². The van der Waals surface area contributed by atoms with Gasteiger partial charge in [-0.25, -0.2) is 0 Å². The van der Waals surface area contributed by atoms with Crippen LogP contribution in [0.15, 0.2) is 39.5 Å². The second-order valence-corrected chi connectivity index (χ2v) is 5.10. The predicted molar refractivity (Wildman–Crippen MR) is 77.4 cm³/mol. The van der Waals surface area contributed by atoms with Gasteiger partial charge in [0.1, 0.15) is 11.3 Å². The van der Waals surface area contributed by atoms with Crippen molar-refractivity contribution in [1.82, 2.24) is 10.5 Å². The first-order valence-corrected chi connectivity index (χ1v) is 6.78. The number of hydrogen-bond donors (Lipinski definition) is 1. The standard InChI is InChI=1S/C16H18N2O2/c1-10(16-11(2)18-20-12(16)3)17-8-13-9-19-15-7-5-4-6-14(13)15/h4-7,9-10,17H,8H2,1-3H3. The predicted octanol–water partition coefficient (Wildman–Crippen LogP) is 3.89. The van der Waals surface area contributed by atoms with E-state index in [9.17, 15) is 0 Å². The average molecular weight is 270 g/mol. The van der Waals surface area contributed by atoms with Crippen LogP contribution in [0.25, 0.3) is 11.0 Å². The van der Waals surface area contributed by atoms with E-state index in [1.165, 1.54) is 5.56 Å². The first kappa shape index (κ1) is 12.9. The van der Waals surface area contributed by atoms with E-state index in [4.69, 9.17) is 8.94 Å². The molecule has 0 saturated carbocycles. The molecular weight excluding hydrogens is 252 g/mol. The zero-order chi connectivity index (χ0) is 14.1. The largest absolute Gasteiger partial charge is 0.464 e. The van der Waals surface area contributed by atoms with Crippen LogP contribution in [0.3, 0.4) is 0 Å². The Kier molecular flexibility index (Phi) is 3.32. The van der Waals surface area contributed by atoms with Gasteiger partial charge < -0.3 is 14.3 Å². The zero-order valence-electron chi connectivity index (χ0n) is 11.9.